The largest absolute Gasteiger partial charge is 0.367 e. The van der Waals surface area contributed by atoms with Gasteiger partial charge in [0.1, 0.15) is 5.82 Å². The molecule has 8 nitrogen and oxygen atoms in total. The predicted molar refractivity (Wildman–Crippen MR) is 127 cm³/mol. The maximum atomic E-state index is 11.8. The molecule has 1 aliphatic rings. The number of rotatable bonds is 4. The molecule has 1 saturated heterocycles. The molecule has 0 amide bonds. The molecule has 1 aliphatic heterocycles. The average Bonchev–Trinajstić information content (AvgIpc) is 3.12. The number of aromatic nitrogens is 4. The molecule has 1 N–H and O–H groups in total. The number of hydrogen-bond acceptors (Lipinski definition) is 6. The van der Waals surface area contributed by atoms with Crippen LogP contribution in [-0.4, -0.2) is 57.9 Å². The summed E-state index contributed by atoms with van der Waals surface area (Å²) in [6.45, 7) is 3.15. The minimum absolute atomic E-state index is 0.187. The van der Waals surface area contributed by atoms with Crippen molar-refractivity contribution in [3.63, 3.8) is 0 Å². The molecule has 0 aliphatic carbocycles. The highest BCUT2D eigenvalue weighted by Crippen LogP contribution is 2.32. The van der Waals surface area contributed by atoms with Gasteiger partial charge in [-0.25, -0.2) is 17.7 Å². The van der Waals surface area contributed by atoms with Gasteiger partial charge in [-0.2, -0.15) is 5.10 Å². The van der Waals surface area contributed by atoms with Gasteiger partial charge in [-0.3, -0.25) is 9.67 Å². The molecule has 0 bridgehead atoms. The van der Waals surface area contributed by atoms with Crippen molar-refractivity contribution in [2.45, 2.75) is 25.8 Å². The van der Waals surface area contributed by atoms with Gasteiger partial charge in [0.2, 0.25) is 10.0 Å². The standard InChI is InChI=1S/C23H26N6O2S/c1-15-10-21-17(14-26-28(21)2)11-19(15)23-20-12-22(25-13-16(20)4-7-24-23)27-18-5-8-29(9-6-18)32(3,30)31/h4,7,10-14,18H,5-6,8-9H2,1-3H3,(H,25,27). The lowest BCUT2D eigenvalue weighted by Gasteiger charge is -2.31. The smallest absolute Gasteiger partial charge is 0.211 e. The fourth-order valence-electron chi connectivity index (χ4n) is 4.46. The Bertz CT molecular complexity index is 1420. The molecule has 1 fully saturated rings. The first-order valence-corrected chi connectivity index (χ1v) is 12.5. The zero-order valence-corrected chi connectivity index (χ0v) is 19.2. The van der Waals surface area contributed by atoms with Crippen LogP contribution in [0.15, 0.2) is 42.9 Å². The van der Waals surface area contributed by atoms with Crippen LogP contribution in [0.5, 0.6) is 0 Å². The third kappa shape index (κ3) is 3.82. The molecule has 0 atom stereocenters. The first-order chi connectivity index (χ1) is 15.3. The van der Waals surface area contributed by atoms with E-state index in [-0.39, 0.29) is 6.04 Å². The van der Waals surface area contributed by atoms with E-state index in [2.05, 4.69) is 34.5 Å². The Morgan fingerprint density at radius 2 is 1.84 bits per heavy atom. The molecule has 4 heterocycles. The van der Waals surface area contributed by atoms with Crippen LogP contribution >= 0.6 is 0 Å². The molecule has 1 aromatic carbocycles. The predicted octanol–water partition coefficient (Wildman–Crippen LogP) is 3.33. The Morgan fingerprint density at radius 1 is 1.06 bits per heavy atom. The fraction of sp³-hybridized carbons (Fsp3) is 0.348. The quantitative estimate of drug-likeness (QED) is 0.513. The summed E-state index contributed by atoms with van der Waals surface area (Å²) in [6.07, 6.45) is 8.34. The van der Waals surface area contributed by atoms with Gasteiger partial charge in [0.25, 0.3) is 0 Å². The summed E-state index contributed by atoms with van der Waals surface area (Å²) in [5.41, 5.74) is 4.23. The molecule has 166 valence electrons. The van der Waals surface area contributed by atoms with Crippen molar-refractivity contribution in [2.24, 2.45) is 7.05 Å². The van der Waals surface area contributed by atoms with E-state index in [1.807, 2.05) is 42.5 Å². The van der Waals surface area contributed by atoms with Gasteiger partial charge in [0.15, 0.2) is 0 Å². The lowest BCUT2D eigenvalue weighted by molar-refractivity contribution is 0.331. The number of nitrogens with one attached hydrogen (secondary N) is 1. The molecule has 0 unspecified atom stereocenters. The van der Waals surface area contributed by atoms with Gasteiger partial charge in [-0.15, -0.1) is 0 Å². The number of sulfonamides is 1. The van der Waals surface area contributed by atoms with E-state index in [0.717, 1.165) is 57.2 Å². The third-order valence-electron chi connectivity index (χ3n) is 6.27. The zero-order chi connectivity index (χ0) is 22.5. The Kier molecular flexibility index (Phi) is 5.10. The fourth-order valence-corrected chi connectivity index (χ4v) is 5.33. The van der Waals surface area contributed by atoms with E-state index in [1.165, 1.54) is 6.26 Å². The highest BCUT2D eigenvalue weighted by atomic mass is 32.2. The van der Waals surface area contributed by atoms with Crippen LogP contribution in [0.2, 0.25) is 0 Å². The van der Waals surface area contributed by atoms with Crippen molar-refractivity contribution in [3.05, 3.63) is 48.4 Å². The molecular formula is C23H26N6O2S. The molecule has 9 heteroatoms. The van der Waals surface area contributed by atoms with Gasteiger partial charge < -0.3 is 5.32 Å². The minimum atomic E-state index is -3.13. The summed E-state index contributed by atoms with van der Waals surface area (Å²) in [6, 6.07) is 8.50. The second-order valence-electron chi connectivity index (χ2n) is 8.53. The Morgan fingerprint density at radius 3 is 2.59 bits per heavy atom. The monoisotopic (exact) mass is 450 g/mol. The molecule has 0 radical (unpaired) electrons. The first-order valence-electron chi connectivity index (χ1n) is 10.7. The van der Waals surface area contributed by atoms with Crippen LogP contribution in [0.4, 0.5) is 5.82 Å². The Balaban J connectivity index is 1.47. The third-order valence-corrected chi connectivity index (χ3v) is 7.57. The van der Waals surface area contributed by atoms with Crippen LogP contribution in [0.1, 0.15) is 18.4 Å². The highest BCUT2D eigenvalue weighted by Gasteiger charge is 2.25. The molecule has 0 spiro atoms. The van der Waals surface area contributed by atoms with E-state index in [0.29, 0.717) is 13.1 Å². The Hall–Kier alpha value is -3.04. The van der Waals surface area contributed by atoms with Crippen LogP contribution in [0, 0.1) is 6.92 Å². The van der Waals surface area contributed by atoms with Crippen molar-refractivity contribution in [1.82, 2.24) is 24.1 Å². The summed E-state index contributed by atoms with van der Waals surface area (Å²) in [5.74, 6) is 0.782. The number of pyridine rings is 2. The normalized spacial score (nSPS) is 16.1. The van der Waals surface area contributed by atoms with E-state index >= 15 is 0 Å². The first kappa shape index (κ1) is 20.8. The van der Waals surface area contributed by atoms with Gasteiger partial charge in [-0.05, 0) is 49.6 Å². The van der Waals surface area contributed by atoms with Crippen LogP contribution in [0.25, 0.3) is 32.9 Å². The lowest BCUT2D eigenvalue weighted by Crippen LogP contribution is -2.41. The molecule has 3 aromatic heterocycles. The minimum Gasteiger partial charge on any atom is -0.367 e. The number of benzene rings is 1. The Labute approximate surface area is 187 Å². The van der Waals surface area contributed by atoms with Gasteiger partial charge in [-0.1, -0.05) is 0 Å². The van der Waals surface area contributed by atoms with E-state index in [9.17, 15) is 8.42 Å². The van der Waals surface area contributed by atoms with E-state index < -0.39 is 10.0 Å². The SMILES string of the molecule is Cc1cc2c(cnn2C)cc1-c1nccc2cnc(NC3CCN(S(C)(=O)=O)CC3)cc12. The maximum absolute atomic E-state index is 11.8. The summed E-state index contributed by atoms with van der Waals surface area (Å²) in [7, 11) is -1.18. The van der Waals surface area contributed by atoms with Crippen LogP contribution in [-0.2, 0) is 17.1 Å². The topological polar surface area (TPSA) is 93.0 Å². The number of nitrogens with zero attached hydrogens (tertiary/aromatic N) is 5. The molecule has 32 heavy (non-hydrogen) atoms. The number of anilines is 1. The summed E-state index contributed by atoms with van der Waals surface area (Å²) in [4.78, 5) is 9.32. The number of fused-ring (bicyclic) bond motifs is 2. The maximum Gasteiger partial charge on any atom is 0.211 e. The van der Waals surface area contributed by atoms with Gasteiger partial charge >= 0.3 is 0 Å². The van der Waals surface area contributed by atoms with Crippen molar-refractivity contribution < 1.29 is 8.42 Å². The van der Waals surface area contributed by atoms with Crippen LogP contribution in [0.3, 0.4) is 0 Å². The second kappa shape index (κ2) is 7.83. The zero-order valence-electron chi connectivity index (χ0n) is 18.4. The average molecular weight is 451 g/mol. The number of hydrogen-bond donors (Lipinski definition) is 1. The van der Waals surface area contributed by atoms with E-state index in [4.69, 9.17) is 4.98 Å². The second-order valence-corrected chi connectivity index (χ2v) is 10.5. The molecular weight excluding hydrogens is 424 g/mol. The number of aryl methyl sites for hydroxylation is 2. The highest BCUT2D eigenvalue weighted by molar-refractivity contribution is 7.88. The molecule has 0 saturated carbocycles. The lowest BCUT2D eigenvalue weighted by atomic mass is 9.99. The summed E-state index contributed by atoms with van der Waals surface area (Å²) >= 11 is 0. The number of piperidine rings is 1. The van der Waals surface area contributed by atoms with Crippen molar-refractivity contribution in [2.75, 3.05) is 24.7 Å². The van der Waals surface area contributed by atoms with Gasteiger partial charge in [0, 0.05) is 60.3 Å². The molecule has 4 aromatic rings. The van der Waals surface area contributed by atoms with Crippen molar-refractivity contribution in [3.8, 4) is 11.3 Å². The van der Waals surface area contributed by atoms with Crippen molar-refractivity contribution >= 4 is 37.5 Å². The summed E-state index contributed by atoms with van der Waals surface area (Å²) in [5, 5.41) is 11.0. The van der Waals surface area contributed by atoms with E-state index in [1.54, 1.807) is 4.31 Å². The summed E-state index contributed by atoms with van der Waals surface area (Å²) < 4.78 is 26.9. The van der Waals surface area contributed by atoms with Crippen LogP contribution < -0.4 is 5.32 Å². The molecule has 5 rings (SSSR count). The van der Waals surface area contributed by atoms with Gasteiger partial charge in [0.05, 0.1) is 23.7 Å². The van der Waals surface area contributed by atoms with Crippen molar-refractivity contribution in [1.29, 1.82) is 0 Å².